The lowest BCUT2D eigenvalue weighted by Gasteiger charge is -2.01. The number of rotatable bonds is 1. The summed E-state index contributed by atoms with van der Waals surface area (Å²) in [6.45, 7) is 3.77. The monoisotopic (exact) mass is 149 g/mol. The molecule has 0 amide bonds. The van der Waals surface area contributed by atoms with E-state index in [1.807, 2.05) is 31.2 Å². The van der Waals surface area contributed by atoms with Gasteiger partial charge < -0.3 is 5.21 Å². The lowest BCUT2D eigenvalue weighted by Crippen LogP contribution is -1.96. The van der Waals surface area contributed by atoms with Crippen LogP contribution in [0.5, 0.6) is 0 Å². The second-order valence-electron chi connectivity index (χ2n) is 2.50. The molecule has 0 bridgehead atoms. The molecule has 0 radical (unpaired) electrons. The average molecular weight is 149 g/mol. The summed E-state index contributed by atoms with van der Waals surface area (Å²) in [4.78, 5) is 0. The van der Waals surface area contributed by atoms with Crippen LogP contribution < -0.4 is 0 Å². The first-order valence-corrected chi connectivity index (χ1v) is 3.50. The van der Waals surface area contributed by atoms with Crippen LogP contribution in [0.2, 0.25) is 0 Å². The van der Waals surface area contributed by atoms with Gasteiger partial charge in [0.1, 0.15) is 0 Å². The average Bonchev–Trinajstić information content (AvgIpc) is 2.04. The van der Waals surface area contributed by atoms with Crippen molar-refractivity contribution in [3.05, 3.63) is 35.4 Å². The Kier molecular flexibility index (Phi) is 2.26. The predicted octanol–water partition coefficient (Wildman–Crippen LogP) is 2.19. The third-order valence-corrected chi connectivity index (χ3v) is 1.68. The van der Waals surface area contributed by atoms with E-state index in [1.165, 1.54) is 0 Å². The summed E-state index contributed by atoms with van der Waals surface area (Å²) in [5.41, 5.74) is 2.78. The first-order valence-electron chi connectivity index (χ1n) is 3.50. The van der Waals surface area contributed by atoms with Gasteiger partial charge in [0.05, 0.1) is 5.71 Å². The number of nitrogens with zero attached hydrogens (tertiary/aromatic N) is 1. The van der Waals surface area contributed by atoms with Crippen molar-refractivity contribution in [2.45, 2.75) is 13.8 Å². The largest absolute Gasteiger partial charge is 0.411 e. The smallest absolute Gasteiger partial charge is 0.0839 e. The molecule has 0 aliphatic heterocycles. The van der Waals surface area contributed by atoms with Crippen LogP contribution in [-0.4, -0.2) is 10.9 Å². The molecule has 0 aromatic heterocycles. The van der Waals surface area contributed by atoms with Gasteiger partial charge in [0.2, 0.25) is 0 Å². The highest BCUT2D eigenvalue weighted by molar-refractivity contribution is 5.99. The molecule has 0 aliphatic carbocycles. The molecule has 0 fully saturated rings. The number of oxime groups is 1. The van der Waals surface area contributed by atoms with Crippen molar-refractivity contribution in [1.29, 1.82) is 0 Å². The highest BCUT2D eigenvalue weighted by Crippen LogP contribution is 2.07. The van der Waals surface area contributed by atoms with Crippen molar-refractivity contribution in [1.82, 2.24) is 0 Å². The highest BCUT2D eigenvalue weighted by atomic mass is 16.4. The van der Waals surface area contributed by atoms with Crippen LogP contribution in [0.25, 0.3) is 0 Å². The van der Waals surface area contributed by atoms with E-state index in [9.17, 15) is 0 Å². The summed E-state index contributed by atoms with van der Waals surface area (Å²) in [6.07, 6.45) is 0. The zero-order valence-corrected chi connectivity index (χ0v) is 6.70. The number of hydrogen-bond acceptors (Lipinski definition) is 2. The molecule has 2 heteroatoms. The molecule has 1 aromatic rings. The van der Waals surface area contributed by atoms with Crippen LogP contribution in [-0.2, 0) is 0 Å². The standard InChI is InChI=1S/C9H11NO/c1-7-5-3-4-6-9(7)8(2)10-11/h3-6,11H,1-2H3/b10-8-. The SMILES string of the molecule is C/C(=N/O)c1ccccc1C. The molecule has 0 heterocycles. The van der Waals surface area contributed by atoms with Crippen LogP contribution in [0, 0.1) is 6.92 Å². The fourth-order valence-electron chi connectivity index (χ4n) is 1.03. The van der Waals surface area contributed by atoms with Gasteiger partial charge in [-0.05, 0) is 19.4 Å². The molecular formula is C9H11NO. The van der Waals surface area contributed by atoms with E-state index in [2.05, 4.69) is 5.16 Å². The van der Waals surface area contributed by atoms with Gasteiger partial charge in [0.25, 0.3) is 0 Å². The Labute approximate surface area is 66.2 Å². The van der Waals surface area contributed by atoms with E-state index >= 15 is 0 Å². The van der Waals surface area contributed by atoms with Crippen molar-refractivity contribution in [3.63, 3.8) is 0 Å². The Morgan fingerprint density at radius 2 is 2.00 bits per heavy atom. The molecule has 0 spiro atoms. The maximum absolute atomic E-state index is 8.50. The summed E-state index contributed by atoms with van der Waals surface area (Å²) >= 11 is 0. The molecule has 1 N–H and O–H groups in total. The number of benzene rings is 1. The Hall–Kier alpha value is -1.31. The summed E-state index contributed by atoms with van der Waals surface area (Å²) in [5, 5.41) is 11.6. The van der Waals surface area contributed by atoms with E-state index in [0.717, 1.165) is 11.1 Å². The Balaban J connectivity index is 3.14. The minimum atomic E-state index is 0.656. The zero-order chi connectivity index (χ0) is 8.27. The topological polar surface area (TPSA) is 32.6 Å². The fraction of sp³-hybridized carbons (Fsp3) is 0.222. The fourth-order valence-corrected chi connectivity index (χ4v) is 1.03. The summed E-state index contributed by atoms with van der Waals surface area (Å²) in [5.74, 6) is 0. The first kappa shape index (κ1) is 7.79. The van der Waals surface area contributed by atoms with Gasteiger partial charge in [-0.2, -0.15) is 0 Å². The van der Waals surface area contributed by atoms with Crippen molar-refractivity contribution >= 4 is 5.71 Å². The molecule has 58 valence electrons. The summed E-state index contributed by atoms with van der Waals surface area (Å²) in [7, 11) is 0. The molecule has 0 saturated heterocycles. The van der Waals surface area contributed by atoms with Crippen LogP contribution in [0.1, 0.15) is 18.1 Å². The molecule has 1 aromatic carbocycles. The highest BCUT2D eigenvalue weighted by Gasteiger charge is 1.99. The van der Waals surface area contributed by atoms with Crippen molar-refractivity contribution in [2.75, 3.05) is 0 Å². The van der Waals surface area contributed by atoms with E-state index in [4.69, 9.17) is 5.21 Å². The quantitative estimate of drug-likeness (QED) is 0.370. The predicted molar refractivity (Wildman–Crippen MR) is 45.2 cm³/mol. The third-order valence-electron chi connectivity index (χ3n) is 1.68. The normalized spacial score (nSPS) is 11.6. The van der Waals surface area contributed by atoms with Crippen LogP contribution in [0.3, 0.4) is 0 Å². The first-order chi connectivity index (χ1) is 5.25. The Morgan fingerprint density at radius 3 is 2.55 bits per heavy atom. The molecule has 2 nitrogen and oxygen atoms in total. The van der Waals surface area contributed by atoms with Gasteiger partial charge in [-0.25, -0.2) is 0 Å². The Morgan fingerprint density at radius 1 is 1.36 bits per heavy atom. The maximum atomic E-state index is 8.50. The minimum absolute atomic E-state index is 0.656. The van der Waals surface area contributed by atoms with Gasteiger partial charge in [-0.15, -0.1) is 0 Å². The number of aryl methyl sites for hydroxylation is 1. The lowest BCUT2D eigenvalue weighted by molar-refractivity contribution is 0.319. The Bertz CT molecular complexity index is 279. The molecule has 1 rings (SSSR count). The summed E-state index contributed by atoms with van der Waals surface area (Å²) in [6, 6.07) is 7.81. The van der Waals surface area contributed by atoms with Gasteiger partial charge in [0.15, 0.2) is 0 Å². The minimum Gasteiger partial charge on any atom is -0.411 e. The summed E-state index contributed by atoms with van der Waals surface area (Å²) < 4.78 is 0. The molecule has 11 heavy (non-hydrogen) atoms. The van der Waals surface area contributed by atoms with Crippen molar-refractivity contribution in [2.24, 2.45) is 5.16 Å². The van der Waals surface area contributed by atoms with E-state index in [0.29, 0.717) is 5.71 Å². The lowest BCUT2D eigenvalue weighted by atomic mass is 10.1. The van der Waals surface area contributed by atoms with Crippen LogP contribution in [0.4, 0.5) is 0 Å². The van der Waals surface area contributed by atoms with E-state index in [-0.39, 0.29) is 0 Å². The number of hydrogen-bond donors (Lipinski definition) is 1. The third kappa shape index (κ3) is 1.58. The van der Waals surface area contributed by atoms with Crippen molar-refractivity contribution < 1.29 is 5.21 Å². The van der Waals surface area contributed by atoms with E-state index in [1.54, 1.807) is 6.92 Å². The van der Waals surface area contributed by atoms with Crippen molar-refractivity contribution in [3.8, 4) is 0 Å². The zero-order valence-electron chi connectivity index (χ0n) is 6.70. The van der Waals surface area contributed by atoms with E-state index < -0.39 is 0 Å². The van der Waals surface area contributed by atoms with Gasteiger partial charge >= 0.3 is 0 Å². The maximum Gasteiger partial charge on any atom is 0.0839 e. The van der Waals surface area contributed by atoms with Crippen LogP contribution >= 0.6 is 0 Å². The van der Waals surface area contributed by atoms with Gasteiger partial charge in [0, 0.05) is 5.56 Å². The molecule has 0 saturated carbocycles. The van der Waals surface area contributed by atoms with Crippen LogP contribution in [0.15, 0.2) is 29.4 Å². The molecule has 0 unspecified atom stereocenters. The molecular weight excluding hydrogens is 138 g/mol. The molecule has 0 aliphatic rings. The second kappa shape index (κ2) is 3.19. The molecule has 0 atom stereocenters. The van der Waals surface area contributed by atoms with Gasteiger partial charge in [-0.1, -0.05) is 29.4 Å². The second-order valence-corrected chi connectivity index (χ2v) is 2.50. The van der Waals surface area contributed by atoms with Gasteiger partial charge in [-0.3, -0.25) is 0 Å².